The van der Waals surface area contributed by atoms with Gasteiger partial charge >= 0.3 is 0 Å². The van der Waals surface area contributed by atoms with E-state index in [4.69, 9.17) is 21.1 Å². The first-order valence-electron chi connectivity index (χ1n) is 7.20. The SMILES string of the molecule is COc1cc(NC(=O)c2cc3ccccc3cn2)c(OC)cc1Cl. The van der Waals surface area contributed by atoms with Gasteiger partial charge < -0.3 is 14.8 Å². The number of fused-ring (bicyclic) bond motifs is 1. The van der Waals surface area contributed by atoms with Crippen molar-refractivity contribution in [1.82, 2.24) is 4.98 Å². The van der Waals surface area contributed by atoms with Gasteiger partial charge in [0.15, 0.2) is 0 Å². The highest BCUT2D eigenvalue weighted by Crippen LogP contribution is 2.36. The maximum absolute atomic E-state index is 12.5. The van der Waals surface area contributed by atoms with Gasteiger partial charge in [0.1, 0.15) is 17.2 Å². The number of nitrogens with one attached hydrogen (secondary N) is 1. The first-order valence-corrected chi connectivity index (χ1v) is 7.58. The highest BCUT2D eigenvalue weighted by molar-refractivity contribution is 6.32. The molecule has 5 nitrogen and oxygen atoms in total. The molecule has 0 aliphatic rings. The molecule has 1 aromatic heterocycles. The average Bonchev–Trinajstić information content (AvgIpc) is 2.62. The Morgan fingerprint density at radius 1 is 1.04 bits per heavy atom. The van der Waals surface area contributed by atoms with Crippen molar-refractivity contribution in [2.24, 2.45) is 0 Å². The largest absolute Gasteiger partial charge is 0.495 e. The molecule has 3 rings (SSSR count). The van der Waals surface area contributed by atoms with Crippen LogP contribution in [0.4, 0.5) is 5.69 Å². The first kappa shape index (κ1) is 16.1. The second kappa shape index (κ2) is 6.76. The van der Waals surface area contributed by atoms with Crippen molar-refractivity contribution in [3.8, 4) is 11.5 Å². The maximum atomic E-state index is 12.5. The molecule has 0 saturated carbocycles. The summed E-state index contributed by atoms with van der Waals surface area (Å²) in [6.07, 6.45) is 1.67. The number of amides is 1. The lowest BCUT2D eigenvalue weighted by atomic mass is 10.1. The number of ether oxygens (including phenoxy) is 2. The van der Waals surface area contributed by atoms with Gasteiger partial charge in [0, 0.05) is 23.7 Å². The second-order valence-electron chi connectivity index (χ2n) is 5.06. The number of carbonyl (C=O) groups is 1. The summed E-state index contributed by atoms with van der Waals surface area (Å²) < 4.78 is 10.4. The summed E-state index contributed by atoms with van der Waals surface area (Å²) in [5.41, 5.74) is 0.767. The van der Waals surface area contributed by atoms with E-state index in [-0.39, 0.29) is 5.91 Å². The van der Waals surface area contributed by atoms with Gasteiger partial charge in [-0.1, -0.05) is 35.9 Å². The van der Waals surface area contributed by atoms with Gasteiger partial charge in [-0.05, 0) is 11.5 Å². The quantitative estimate of drug-likeness (QED) is 0.773. The molecule has 122 valence electrons. The second-order valence-corrected chi connectivity index (χ2v) is 5.47. The predicted octanol–water partition coefficient (Wildman–Crippen LogP) is 4.16. The number of benzene rings is 2. The number of nitrogens with zero attached hydrogens (tertiary/aromatic N) is 1. The number of methoxy groups -OCH3 is 2. The van der Waals surface area contributed by atoms with E-state index in [0.29, 0.717) is 27.9 Å². The zero-order chi connectivity index (χ0) is 17.1. The van der Waals surface area contributed by atoms with E-state index in [1.54, 1.807) is 24.4 Å². The van der Waals surface area contributed by atoms with Gasteiger partial charge in [-0.2, -0.15) is 0 Å². The molecule has 24 heavy (non-hydrogen) atoms. The van der Waals surface area contributed by atoms with Gasteiger partial charge in [-0.3, -0.25) is 9.78 Å². The van der Waals surface area contributed by atoms with Crippen LogP contribution in [0.25, 0.3) is 10.8 Å². The van der Waals surface area contributed by atoms with Crippen LogP contribution in [0, 0.1) is 0 Å². The lowest BCUT2D eigenvalue weighted by Crippen LogP contribution is -2.14. The molecule has 0 unspecified atom stereocenters. The Bertz CT molecular complexity index is 912. The number of hydrogen-bond acceptors (Lipinski definition) is 4. The van der Waals surface area contributed by atoms with E-state index in [1.165, 1.54) is 14.2 Å². The molecule has 0 saturated heterocycles. The number of anilines is 1. The summed E-state index contributed by atoms with van der Waals surface area (Å²) in [4.78, 5) is 16.7. The minimum absolute atomic E-state index is 0.310. The number of pyridine rings is 1. The minimum Gasteiger partial charge on any atom is -0.495 e. The lowest BCUT2D eigenvalue weighted by molar-refractivity contribution is 0.102. The van der Waals surface area contributed by atoms with Crippen molar-refractivity contribution >= 4 is 34.0 Å². The molecule has 0 atom stereocenters. The fraction of sp³-hybridized carbons (Fsp3) is 0.111. The standard InChI is InChI=1S/C18H15ClN2O3/c1-23-16-9-14(17(24-2)8-13(16)19)21-18(22)15-7-11-5-3-4-6-12(11)10-20-15/h3-10H,1-2H3,(H,21,22). The van der Waals surface area contributed by atoms with Gasteiger partial charge in [-0.25, -0.2) is 0 Å². The third-order valence-corrected chi connectivity index (χ3v) is 3.88. The summed E-state index contributed by atoms with van der Waals surface area (Å²) in [5.74, 6) is 0.539. The average molecular weight is 343 g/mol. The summed E-state index contributed by atoms with van der Waals surface area (Å²) in [6, 6.07) is 12.6. The van der Waals surface area contributed by atoms with Crippen molar-refractivity contribution in [3.05, 3.63) is 59.4 Å². The Balaban J connectivity index is 1.93. The molecule has 0 fully saturated rings. The molecule has 1 heterocycles. The fourth-order valence-electron chi connectivity index (χ4n) is 2.35. The molecule has 0 bridgehead atoms. The summed E-state index contributed by atoms with van der Waals surface area (Å²) in [5, 5.41) is 5.09. The van der Waals surface area contributed by atoms with Gasteiger partial charge in [0.25, 0.3) is 5.91 Å². The molecule has 1 amide bonds. The summed E-state index contributed by atoms with van der Waals surface area (Å²) >= 11 is 6.07. The molecule has 0 radical (unpaired) electrons. The Kier molecular flexibility index (Phi) is 4.53. The maximum Gasteiger partial charge on any atom is 0.274 e. The molecule has 0 aliphatic heterocycles. The van der Waals surface area contributed by atoms with E-state index in [2.05, 4.69) is 10.3 Å². The molecule has 0 spiro atoms. The topological polar surface area (TPSA) is 60.5 Å². The number of aromatic nitrogens is 1. The van der Waals surface area contributed by atoms with Crippen LogP contribution in [-0.4, -0.2) is 25.1 Å². The highest BCUT2D eigenvalue weighted by atomic mass is 35.5. The van der Waals surface area contributed by atoms with Crippen LogP contribution >= 0.6 is 11.6 Å². The molecular weight excluding hydrogens is 328 g/mol. The fourth-order valence-corrected chi connectivity index (χ4v) is 2.58. The van der Waals surface area contributed by atoms with Crippen molar-refractivity contribution in [2.75, 3.05) is 19.5 Å². The van der Waals surface area contributed by atoms with E-state index >= 15 is 0 Å². The van der Waals surface area contributed by atoms with Crippen LogP contribution in [0.1, 0.15) is 10.5 Å². The molecule has 2 aromatic carbocycles. The van der Waals surface area contributed by atoms with Crippen LogP contribution in [0.5, 0.6) is 11.5 Å². The van der Waals surface area contributed by atoms with Gasteiger partial charge in [0.2, 0.25) is 0 Å². The Labute approximate surface area is 144 Å². The molecular formula is C18H15ClN2O3. The Morgan fingerprint density at radius 2 is 1.75 bits per heavy atom. The van der Waals surface area contributed by atoms with E-state index in [0.717, 1.165) is 10.8 Å². The van der Waals surface area contributed by atoms with E-state index in [1.807, 2.05) is 24.3 Å². The van der Waals surface area contributed by atoms with Crippen molar-refractivity contribution in [1.29, 1.82) is 0 Å². The van der Waals surface area contributed by atoms with Crippen molar-refractivity contribution in [2.45, 2.75) is 0 Å². The lowest BCUT2D eigenvalue weighted by Gasteiger charge is -2.13. The zero-order valence-electron chi connectivity index (χ0n) is 13.2. The number of carbonyl (C=O) groups excluding carboxylic acids is 1. The molecule has 6 heteroatoms. The van der Waals surface area contributed by atoms with Crippen LogP contribution in [0.3, 0.4) is 0 Å². The zero-order valence-corrected chi connectivity index (χ0v) is 13.9. The van der Waals surface area contributed by atoms with Gasteiger partial charge in [-0.15, -0.1) is 0 Å². The predicted molar refractivity (Wildman–Crippen MR) is 94.3 cm³/mol. The normalized spacial score (nSPS) is 10.5. The van der Waals surface area contributed by atoms with Crippen LogP contribution in [-0.2, 0) is 0 Å². The number of hydrogen-bond donors (Lipinski definition) is 1. The van der Waals surface area contributed by atoms with Crippen LogP contribution in [0.15, 0.2) is 48.7 Å². The minimum atomic E-state index is -0.344. The third-order valence-electron chi connectivity index (χ3n) is 3.59. The summed E-state index contributed by atoms with van der Waals surface area (Å²) in [6.45, 7) is 0. The summed E-state index contributed by atoms with van der Waals surface area (Å²) in [7, 11) is 3.01. The Hall–Kier alpha value is -2.79. The molecule has 3 aromatic rings. The molecule has 0 aliphatic carbocycles. The Morgan fingerprint density at radius 3 is 2.46 bits per heavy atom. The van der Waals surface area contributed by atoms with Crippen molar-refractivity contribution in [3.63, 3.8) is 0 Å². The monoisotopic (exact) mass is 342 g/mol. The number of halogens is 1. The van der Waals surface area contributed by atoms with Crippen molar-refractivity contribution < 1.29 is 14.3 Å². The third kappa shape index (κ3) is 3.12. The van der Waals surface area contributed by atoms with Crippen LogP contribution < -0.4 is 14.8 Å². The van der Waals surface area contributed by atoms with Gasteiger partial charge in [0.05, 0.1) is 24.9 Å². The smallest absolute Gasteiger partial charge is 0.274 e. The van der Waals surface area contributed by atoms with E-state index < -0.39 is 0 Å². The van der Waals surface area contributed by atoms with Crippen LogP contribution in [0.2, 0.25) is 5.02 Å². The number of rotatable bonds is 4. The molecule has 1 N–H and O–H groups in total. The highest BCUT2D eigenvalue weighted by Gasteiger charge is 2.14. The van der Waals surface area contributed by atoms with E-state index in [9.17, 15) is 4.79 Å². The first-order chi connectivity index (χ1) is 11.6.